The highest BCUT2D eigenvalue weighted by atomic mass is 32.2. The maximum atomic E-state index is 12.0. The Morgan fingerprint density at radius 1 is 1.15 bits per heavy atom. The fraction of sp³-hybridized carbons (Fsp3) is 0.222. The average molecular weight is 391 g/mol. The van der Waals surface area contributed by atoms with Gasteiger partial charge in [0.15, 0.2) is 0 Å². The van der Waals surface area contributed by atoms with Crippen molar-refractivity contribution >= 4 is 27.5 Å². The maximum Gasteiger partial charge on any atom is 0.251 e. The third kappa shape index (κ3) is 5.80. The minimum atomic E-state index is -4.00. The number of carbonyl (C=O) groups is 2. The van der Waals surface area contributed by atoms with E-state index in [0.717, 1.165) is 5.56 Å². The van der Waals surface area contributed by atoms with Gasteiger partial charge < -0.3 is 15.4 Å². The zero-order chi connectivity index (χ0) is 20.0. The SMILES string of the molecule is COc1ccc(NC(=O)CCNC(=O)c2cccc(C)c2)cc1S(N)(=O)=O. The van der Waals surface area contributed by atoms with Crippen LogP contribution in [0.2, 0.25) is 0 Å². The summed E-state index contributed by atoms with van der Waals surface area (Å²) in [5.41, 5.74) is 1.74. The molecule has 2 aromatic carbocycles. The van der Waals surface area contributed by atoms with E-state index in [2.05, 4.69) is 10.6 Å². The summed E-state index contributed by atoms with van der Waals surface area (Å²) in [6.45, 7) is 2.02. The Bertz CT molecular complexity index is 957. The molecular formula is C18H21N3O5S. The van der Waals surface area contributed by atoms with Gasteiger partial charge in [-0.2, -0.15) is 0 Å². The van der Waals surface area contributed by atoms with Crippen molar-refractivity contribution in [1.82, 2.24) is 5.32 Å². The number of benzene rings is 2. The summed E-state index contributed by atoms with van der Waals surface area (Å²) in [6, 6.07) is 11.2. The van der Waals surface area contributed by atoms with Crippen LogP contribution in [0.4, 0.5) is 5.69 Å². The number of hydrogen-bond acceptors (Lipinski definition) is 5. The highest BCUT2D eigenvalue weighted by molar-refractivity contribution is 7.89. The largest absolute Gasteiger partial charge is 0.495 e. The summed E-state index contributed by atoms with van der Waals surface area (Å²) in [4.78, 5) is 23.8. The van der Waals surface area contributed by atoms with Crippen LogP contribution >= 0.6 is 0 Å². The second-order valence-electron chi connectivity index (χ2n) is 5.83. The highest BCUT2D eigenvalue weighted by Gasteiger charge is 2.16. The van der Waals surface area contributed by atoms with Crippen LogP contribution in [0.1, 0.15) is 22.3 Å². The summed E-state index contributed by atoms with van der Waals surface area (Å²) in [6.07, 6.45) is 0.0221. The van der Waals surface area contributed by atoms with E-state index in [0.29, 0.717) is 5.56 Å². The van der Waals surface area contributed by atoms with E-state index in [4.69, 9.17) is 9.88 Å². The summed E-state index contributed by atoms with van der Waals surface area (Å²) >= 11 is 0. The first kappa shape index (κ1) is 20.4. The number of hydrogen-bond donors (Lipinski definition) is 3. The average Bonchev–Trinajstić information content (AvgIpc) is 2.60. The third-order valence-corrected chi connectivity index (χ3v) is 4.60. The van der Waals surface area contributed by atoms with Crippen molar-refractivity contribution in [1.29, 1.82) is 0 Å². The number of carbonyl (C=O) groups excluding carboxylic acids is 2. The minimum absolute atomic E-state index is 0.0221. The molecule has 2 amide bonds. The molecule has 8 nitrogen and oxygen atoms in total. The normalized spacial score (nSPS) is 10.9. The first-order chi connectivity index (χ1) is 12.7. The van der Waals surface area contributed by atoms with Gasteiger partial charge in [0.05, 0.1) is 7.11 Å². The summed E-state index contributed by atoms with van der Waals surface area (Å²) < 4.78 is 28.1. The van der Waals surface area contributed by atoms with E-state index in [1.165, 1.54) is 25.3 Å². The number of ether oxygens (including phenoxy) is 1. The molecule has 0 atom stereocenters. The fourth-order valence-corrected chi connectivity index (χ4v) is 3.10. The predicted octanol–water partition coefficient (Wildman–Crippen LogP) is 1.41. The van der Waals surface area contributed by atoms with E-state index in [9.17, 15) is 18.0 Å². The number of rotatable bonds is 7. The van der Waals surface area contributed by atoms with Gasteiger partial charge in [0.2, 0.25) is 15.9 Å². The van der Waals surface area contributed by atoms with E-state index in [1.54, 1.807) is 18.2 Å². The second kappa shape index (κ2) is 8.65. The van der Waals surface area contributed by atoms with Gasteiger partial charge in [-0.1, -0.05) is 17.7 Å². The van der Waals surface area contributed by atoms with Crippen molar-refractivity contribution in [2.45, 2.75) is 18.2 Å². The Kier molecular flexibility index (Phi) is 6.54. The molecular weight excluding hydrogens is 370 g/mol. The van der Waals surface area contributed by atoms with Crippen molar-refractivity contribution in [2.24, 2.45) is 5.14 Å². The molecule has 0 fully saturated rings. The molecule has 27 heavy (non-hydrogen) atoms. The number of amides is 2. The Balaban J connectivity index is 1.93. The summed E-state index contributed by atoms with van der Waals surface area (Å²) in [5.74, 6) is -0.571. The van der Waals surface area contributed by atoms with Gasteiger partial charge in [0.1, 0.15) is 10.6 Å². The lowest BCUT2D eigenvalue weighted by Crippen LogP contribution is -2.27. The first-order valence-electron chi connectivity index (χ1n) is 8.06. The fourth-order valence-electron chi connectivity index (χ4n) is 2.38. The molecule has 0 radical (unpaired) electrons. The standard InChI is InChI=1S/C18H21N3O5S/c1-12-4-3-5-13(10-12)18(23)20-9-8-17(22)21-14-6-7-15(26-2)16(11-14)27(19,24)25/h3-7,10-11H,8-9H2,1-2H3,(H,20,23)(H,21,22)(H2,19,24,25). The van der Waals surface area contributed by atoms with Crippen LogP contribution in [-0.2, 0) is 14.8 Å². The van der Waals surface area contributed by atoms with Crippen LogP contribution in [0.25, 0.3) is 0 Å². The van der Waals surface area contributed by atoms with E-state index < -0.39 is 10.0 Å². The lowest BCUT2D eigenvalue weighted by molar-refractivity contribution is -0.116. The van der Waals surface area contributed by atoms with Crippen LogP contribution in [0.3, 0.4) is 0 Å². The number of nitrogens with one attached hydrogen (secondary N) is 2. The van der Waals surface area contributed by atoms with Crippen molar-refractivity contribution in [3.63, 3.8) is 0 Å². The number of methoxy groups -OCH3 is 1. The molecule has 2 aromatic rings. The topological polar surface area (TPSA) is 128 Å². The van der Waals surface area contributed by atoms with E-state index in [1.807, 2.05) is 13.0 Å². The Labute approximate surface area is 157 Å². The predicted molar refractivity (Wildman–Crippen MR) is 101 cm³/mol. The van der Waals surface area contributed by atoms with E-state index in [-0.39, 0.29) is 41.1 Å². The molecule has 0 saturated heterocycles. The molecule has 144 valence electrons. The van der Waals surface area contributed by atoms with Gasteiger partial charge in [0, 0.05) is 24.2 Å². The molecule has 0 saturated carbocycles. The van der Waals surface area contributed by atoms with Gasteiger partial charge >= 0.3 is 0 Å². The molecule has 0 bridgehead atoms. The van der Waals surface area contributed by atoms with Gasteiger partial charge in [-0.05, 0) is 37.3 Å². The van der Waals surface area contributed by atoms with Crippen molar-refractivity contribution in [3.8, 4) is 5.75 Å². The Hall–Kier alpha value is -2.91. The quantitative estimate of drug-likeness (QED) is 0.657. The van der Waals surface area contributed by atoms with Gasteiger partial charge in [0.25, 0.3) is 5.91 Å². The number of anilines is 1. The molecule has 4 N–H and O–H groups in total. The molecule has 0 unspecified atom stereocenters. The molecule has 0 aliphatic carbocycles. The molecule has 0 aliphatic heterocycles. The lowest BCUT2D eigenvalue weighted by Gasteiger charge is -2.11. The van der Waals surface area contributed by atoms with Crippen molar-refractivity contribution in [3.05, 3.63) is 53.6 Å². The molecule has 9 heteroatoms. The zero-order valence-corrected chi connectivity index (χ0v) is 15.8. The van der Waals surface area contributed by atoms with Crippen LogP contribution in [0.15, 0.2) is 47.4 Å². The second-order valence-corrected chi connectivity index (χ2v) is 7.36. The first-order valence-corrected chi connectivity index (χ1v) is 9.61. The molecule has 0 heterocycles. The minimum Gasteiger partial charge on any atom is -0.495 e. The number of aryl methyl sites for hydroxylation is 1. The summed E-state index contributed by atoms with van der Waals surface area (Å²) in [7, 11) is -2.68. The molecule has 0 aromatic heterocycles. The lowest BCUT2D eigenvalue weighted by atomic mass is 10.1. The smallest absolute Gasteiger partial charge is 0.251 e. The van der Waals surface area contributed by atoms with Crippen molar-refractivity contribution in [2.75, 3.05) is 19.0 Å². The van der Waals surface area contributed by atoms with Gasteiger partial charge in [-0.15, -0.1) is 0 Å². The molecule has 2 rings (SSSR count). The Morgan fingerprint density at radius 2 is 1.89 bits per heavy atom. The van der Waals surface area contributed by atoms with Crippen LogP contribution < -0.4 is 20.5 Å². The van der Waals surface area contributed by atoms with Gasteiger partial charge in [-0.3, -0.25) is 9.59 Å². The monoisotopic (exact) mass is 391 g/mol. The number of nitrogens with two attached hydrogens (primary N) is 1. The van der Waals surface area contributed by atoms with Gasteiger partial charge in [-0.25, -0.2) is 13.6 Å². The van der Waals surface area contributed by atoms with Crippen LogP contribution in [0.5, 0.6) is 5.75 Å². The van der Waals surface area contributed by atoms with Crippen LogP contribution in [0, 0.1) is 6.92 Å². The van der Waals surface area contributed by atoms with Crippen molar-refractivity contribution < 1.29 is 22.7 Å². The number of primary sulfonamides is 1. The Morgan fingerprint density at radius 3 is 2.52 bits per heavy atom. The highest BCUT2D eigenvalue weighted by Crippen LogP contribution is 2.26. The number of sulfonamides is 1. The third-order valence-electron chi connectivity index (χ3n) is 3.67. The molecule has 0 spiro atoms. The van der Waals surface area contributed by atoms with Crippen LogP contribution in [-0.4, -0.2) is 33.9 Å². The maximum absolute atomic E-state index is 12.0. The van der Waals surface area contributed by atoms with E-state index >= 15 is 0 Å². The summed E-state index contributed by atoms with van der Waals surface area (Å²) in [5, 5.41) is 10.4. The zero-order valence-electron chi connectivity index (χ0n) is 15.0. The molecule has 0 aliphatic rings.